The van der Waals surface area contributed by atoms with E-state index in [0.29, 0.717) is 18.0 Å². The van der Waals surface area contributed by atoms with Crippen LogP contribution in [0, 0.1) is 16.0 Å². The van der Waals surface area contributed by atoms with Crippen molar-refractivity contribution in [2.45, 2.75) is 31.7 Å². The van der Waals surface area contributed by atoms with Crippen LogP contribution in [0.2, 0.25) is 0 Å². The van der Waals surface area contributed by atoms with Gasteiger partial charge in [-0.3, -0.25) is 14.9 Å². The Labute approximate surface area is 127 Å². The van der Waals surface area contributed by atoms with Crippen molar-refractivity contribution in [3.05, 3.63) is 27.1 Å². The zero-order valence-electron chi connectivity index (χ0n) is 10.9. The number of carbonyl (C=O) groups excluding carboxylic acids is 1. The Morgan fingerprint density at radius 2 is 2.20 bits per heavy atom. The average Bonchev–Trinajstić information content (AvgIpc) is 2.89. The minimum atomic E-state index is -0.481. The molecule has 1 amide bonds. The fourth-order valence-electron chi connectivity index (χ4n) is 2.47. The molecule has 1 aliphatic carbocycles. The monoisotopic (exact) mass is 319 g/mol. The van der Waals surface area contributed by atoms with E-state index in [1.807, 2.05) is 0 Å². The summed E-state index contributed by atoms with van der Waals surface area (Å²) < 4.78 is 0. The summed E-state index contributed by atoms with van der Waals surface area (Å²) in [6, 6.07) is 1.41. The van der Waals surface area contributed by atoms with Crippen molar-refractivity contribution in [1.82, 2.24) is 5.32 Å². The average molecular weight is 320 g/mol. The number of amides is 1. The Bertz CT molecular complexity index is 480. The first-order chi connectivity index (χ1) is 9.11. The zero-order valence-corrected chi connectivity index (χ0v) is 12.5. The largest absolute Gasteiger partial charge is 0.349 e. The summed E-state index contributed by atoms with van der Waals surface area (Å²) >= 11 is 0.970. The van der Waals surface area contributed by atoms with Crippen molar-refractivity contribution >= 4 is 34.7 Å². The lowest BCUT2D eigenvalue weighted by Gasteiger charge is -2.31. The van der Waals surface area contributed by atoms with Crippen LogP contribution in [0.3, 0.4) is 0 Å². The maximum Gasteiger partial charge on any atom is 0.324 e. The number of nitro groups is 1. The molecule has 2 unspecified atom stereocenters. The Morgan fingerprint density at radius 1 is 1.50 bits per heavy atom. The Balaban J connectivity index is 0.00000200. The third-order valence-electron chi connectivity index (χ3n) is 3.56. The van der Waals surface area contributed by atoms with Gasteiger partial charge in [0.2, 0.25) is 0 Å². The first-order valence-electron chi connectivity index (χ1n) is 6.35. The molecule has 2 rings (SSSR count). The van der Waals surface area contributed by atoms with Gasteiger partial charge in [0.05, 0.1) is 10.5 Å². The summed E-state index contributed by atoms with van der Waals surface area (Å²) in [6.45, 7) is 0.564. The molecule has 1 aromatic heterocycles. The number of thiophene rings is 1. The highest BCUT2D eigenvalue weighted by Crippen LogP contribution is 2.25. The van der Waals surface area contributed by atoms with Crippen molar-refractivity contribution < 1.29 is 9.72 Å². The lowest BCUT2D eigenvalue weighted by molar-refractivity contribution is -0.380. The number of hydrogen-bond acceptors (Lipinski definition) is 5. The van der Waals surface area contributed by atoms with Crippen LogP contribution < -0.4 is 11.1 Å². The predicted molar refractivity (Wildman–Crippen MR) is 80.5 cm³/mol. The number of carbonyl (C=O) groups is 1. The second-order valence-electron chi connectivity index (χ2n) is 4.79. The summed E-state index contributed by atoms with van der Waals surface area (Å²) in [6.07, 6.45) is 4.20. The highest BCUT2D eigenvalue weighted by Gasteiger charge is 2.26. The third kappa shape index (κ3) is 3.91. The second-order valence-corrected chi connectivity index (χ2v) is 5.68. The summed E-state index contributed by atoms with van der Waals surface area (Å²) in [5.74, 6) is 0.0704. The second kappa shape index (κ2) is 7.56. The van der Waals surface area contributed by atoms with E-state index in [9.17, 15) is 14.9 Å². The number of nitrogens with two attached hydrogens (primary N) is 1. The van der Waals surface area contributed by atoms with E-state index in [2.05, 4.69) is 5.32 Å². The van der Waals surface area contributed by atoms with Crippen LogP contribution in [-0.4, -0.2) is 23.4 Å². The minimum Gasteiger partial charge on any atom is -0.349 e. The molecule has 0 saturated heterocycles. The molecule has 1 saturated carbocycles. The molecule has 112 valence electrons. The summed E-state index contributed by atoms with van der Waals surface area (Å²) in [5.41, 5.74) is 6.07. The van der Waals surface area contributed by atoms with Gasteiger partial charge in [-0.15, -0.1) is 12.4 Å². The third-order valence-corrected chi connectivity index (χ3v) is 4.44. The van der Waals surface area contributed by atoms with Crippen molar-refractivity contribution in [3.8, 4) is 0 Å². The molecule has 1 aromatic rings. The van der Waals surface area contributed by atoms with Crippen LogP contribution in [0.15, 0.2) is 11.4 Å². The topological polar surface area (TPSA) is 98.3 Å². The molecule has 1 fully saturated rings. The number of rotatable bonds is 4. The molecule has 6 nitrogen and oxygen atoms in total. The van der Waals surface area contributed by atoms with Crippen LogP contribution >= 0.6 is 23.7 Å². The van der Waals surface area contributed by atoms with Gasteiger partial charge in [-0.2, -0.15) is 0 Å². The highest BCUT2D eigenvalue weighted by atomic mass is 35.5. The first kappa shape index (κ1) is 16.9. The van der Waals surface area contributed by atoms with E-state index in [-0.39, 0.29) is 29.4 Å². The van der Waals surface area contributed by atoms with Crippen LogP contribution in [0.1, 0.15) is 36.0 Å². The van der Waals surface area contributed by atoms with E-state index in [1.165, 1.54) is 11.4 Å². The molecule has 0 radical (unpaired) electrons. The molecule has 0 bridgehead atoms. The van der Waals surface area contributed by atoms with E-state index in [4.69, 9.17) is 5.73 Å². The number of nitrogens with zero attached hydrogens (tertiary/aromatic N) is 1. The molecule has 0 aromatic carbocycles. The maximum atomic E-state index is 12.0. The molecule has 0 aliphatic heterocycles. The summed E-state index contributed by atoms with van der Waals surface area (Å²) in [4.78, 5) is 22.2. The van der Waals surface area contributed by atoms with Gasteiger partial charge in [-0.25, -0.2) is 0 Å². The van der Waals surface area contributed by atoms with Gasteiger partial charge in [-0.05, 0) is 25.3 Å². The van der Waals surface area contributed by atoms with E-state index < -0.39 is 4.92 Å². The van der Waals surface area contributed by atoms with Gasteiger partial charge in [0.25, 0.3) is 5.91 Å². The summed E-state index contributed by atoms with van der Waals surface area (Å²) in [7, 11) is 0. The van der Waals surface area contributed by atoms with Crippen molar-refractivity contribution in [2.75, 3.05) is 6.54 Å². The molecule has 3 N–H and O–H groups in total. The smallest absolute Gasteiger partial charge is 0.324 e. The van der Waals surface area contributed by atoms with Crippen LogP contribution in [-0.2, 0) is 0 Å². The number of halogens is 1. The number of nitrogens with one attached hydrogen (secondary N) is 1. The molecule has 1 heterocycles. The lowest BCUT2D eigenvalue weighted by Crippen LogP contribution is -2.44. The normalized spacial score (nSPS) is 21.9. The van der Waals surface area contributed by atoms with Gasteiger partial charge in [0.1, 0.15) is 0 Å². The summed E-state index contributed by atoms with van der Waals surface area (Å²) in [5, 5.41) is 15.1. The van der Waals surface area contributed by atoms with E-state index >= 15 is 0 Å². The Kier molecular flexibility index (Phi) is 6.38. The minimum absolute atomic E-state index is 0. The van der Waals surface area contributed by atoms with Crippen molar-refractivity contribution in [2.24, 2.45) is 11.7 Å². The van der Waals surface area contributed by atoms with Gasteiger partial charge in [-0.1, -0.05) is 24.2 Å². The quantitative estimate of drug-likeness (QED) is 0.657. The fourth-order valence-corrected chi connectivity index (χ4v) is 3.18. The predicted octanol–water partition coefficient (Wildman–Crippen LogP) is 2.33. The SMILES string of the molecule is Cl.NCC1CCCCC1NC(=O)c1csc([N+](=O)[O-])c1. The number of hydrogen-bond donors (Lipinski definition) is 2. The molecule has 2 atom stereocenters. The highest BCUT2D eigenvalue weighted by molar-refractivity contribution is 7.13. The molecule has 20 heavy (non-hydrogen) atoms. The van der Waals surface area contributed by atoms with E-state index in [1.54, 1.807) is 0 Å². The van der Waals surface area contributed by atoms with Gasteiger partial charge in [0.15, 0.2) is 0 Å². The fraction of sp³-hybridized carbons (Fsp3) is 0.583. The van der Waals surface area contributed by atoms with Crippen LogP contribution in [0.4, 0.5) is 5.00 Å². The van der Waals surface area contributed by atoms with Gasteiger partial charge >= 0.3 is 5.00 Å². The first-order valence-corrected chi connectivity index (χ1v) is 7.23. The molecule has 0 spiro atoms. The molecular weight excluding hydrogens is 302 g/mol. The molecule has 8 heteroatoms. The maximum absolute atomic E-state index is 12.0. The Hall–Kier alpha value is -1.18. The zero-order chi connectivity index (χ0) is 13.8. The molecule has 1 aliphatic rings. The Morgan fingerprint density at radius 3 is 2.80 bits per heavy atom. The standard InChI is InChI=1S/C12H17N3O3S.ClH/c13-6-8-3-1-2-4-10(8)14-12(16)9-5-11(15(17)18)19-7-9;/h5,7-8,10H,1-4,6,13H2,(H,14,16);1H. The van der Waals surface area contributed by atoms with Gasteiger partial charge in [0, 0.05) is 17.5 Å². The lowest BCUT2D eigenvalue weighted by atomic mass is 9.84. The van der Waals surface area contributed by atoms with Crippen LogP contribution in [0.25, 0.3) is 0 Å². The molecular formula is C12H18ClN3O3S. The van der Waals surface area contributed by atoms with Crippen molar-refractivity contribution in [1.29, 1.82) is 0 Å². The van der Waals surface area contributed by atoms with Crippen molar-refractivity contribution in [3.63, 3.8) is 0 Å². The van der Waals surface area contributed by atoms with Crippen LogP contribution in [0.5, 0.6) is 0 Å². The van der Waals surface area contributed by atoms with E-state index in [0.717, 1.165) is 37.0 Å². The van der Waals surface area contributed by atoms with Gasteiger partial charge < -0.3 is 11.1 Å².